The molecule has 0 unspecified atom stereocenters. The SMILES string of the molecule is COc1ccc2c(c1)CCCN2C(=O)CSc1cccc(Br)c1. The van der Waals surface area contributed by atoms with Crippen LogP contribution >= 0.6 is 27.7 Å². The lowest BCUT2D eigenvalue weighted by molar-refractivity contribution is -0.116. The summed E-state index contributed by atoms with van der Waals surface area (Å²) in [5.74, 6) is 1.45. The lowest BCUT2D eigenvalue weighted by atomic mass is 10.0. The largest absolute Gasteiger partial charge is 0.497 e. The number of carbonyl (C=O) groups excluding carboxylic acids is 1. The predicted octanol–water partition coefficient (Wildman–Crippen LogP) is 4.53. The number of fused-ring (bicyclic) bond motifs is 1. The molecule has 0 N–H and O–H groups in total. The van der Waals surface area contributed by atoms with E-state index >= 15 is 0 Å². The number of ether oxygens (including phenoxy) is 1. The summed E-state index contributed by atoms with van der Waals surface area (Å²) in [5.41, 5.74) is 2.22. The van der Waals surface area contributed by atoms with Gasteiger partial charge in [-0.2, -0.15) is 0 Å². The summed E-state index contributed by atoms with van der Waals surface area (Å²) in [6, 6.07) is 14.0. The van der Waals surface area contributed by atoms with Crippen molar-refractivity contribution in [1.29, 1.82) is 0 Å². The third-order valence-corrected chi connectivity index (χ3v) is 5.34. The Morgan fingerprint density at radius 3 is 2.96 bits per heavy atom. The fourth-order valence-corrected chi connectivity index (χ4v) is 4.12. The van der Waals surface area contributed by atoms with Crippen LogP contribution in [-0.2, 0) is 11.2 Å². The number of hydrogen-bond donors (Lipinski definition) is 0. The zero-order valence-corrected chi connectivity index (χ0v) is 15.3. The summed E-state index contributed by atoms with van der Waals surface area (Å²) in [6.07, 6.45) is 1.99. The average molecular weight is 392 g/mol. The van der Waals surface area contributed by atoms with Crippen LogP contribution in [0, 0.1) is 0 Å². The first kappa shape index (κ1) is 16.4. The average Bonchev–Trinajstić information content (AvgIpc) is 2.58. The molecule has 3 nitrogen and oxygen atoms in total. The third-order valence-electron chi connectivity index (χ3n) is 3.86. The molecule has 3 rings (SSSR count). The minimum atomic E-state index is 0.154. The van der Waals surface area contributed by atoms with E-state index in [0.717, 1.165) is 40.2 Å². The van der Waals surface area contributed by atoms with Gasteiger partial charge >= 0.3 is 0 Å². The first-order valence-corrected chi connectivity index (χ1v) is 9.31. The molecule has 0 saturated carbocycles. The molecule has 0 saturated heterocycles. The zero-order valence-electron chi connectivity index (χ0n) is 12.9. The topological polar surface area (TPSA) is 29.5 Å². The molecule has 0 fully saturated rings. The highest BCUT2D eigenvalue weighted by Crippen LogP contribution is 2.31. The van der Waals surface area contributed by atoms with Crippen molar-refractivity contribution in [2.45, 2.75) is 17.7 Å². The Morgan fingerprint density at radius 2 is 2.17 bits per heavy atom. The van der Waals surface area contributed by atoms with Gasteiger partial charge in [-0.25, -0.2) is 0 Å². The number of aryl methyl sites for hydroxylation is 1. The Bertz CT molecular complexity index is 720. The van der Waals surface area contributed by atoms with Gasteiger partial charge < -0.3 is 9.64 Å². The molecule has 1 aliphatic rings. The van der Waals surface area contributed by atoms with Crippen molar-refractivity contribution in [2.75, 3.05) is 24.3 Å². The lowest BCUT2D eigenvalue weighted by Crippen LogP contribution is -2.36. The second-order valence-corrected chi connectivity index (χ2v) is 7.35. The number of anilines is 1. The minimum Gasteiger partial charge on any atom is -0.497 e. The summed E-state index contributed by atoms with van der Waals surface area (Å²) in [6.45, 7) is 0.789. The summed E-state index contributed by atoms with van der Waals surface area (Å²) >= 11 is 5.03. The zero-order chi connectivity index (χ0) is 16.2. The third kappa shape index (κ3) is 3.90. The smallest absolute Gasteiger partial charge is 0.237 e. The molecule has 0 radical (unpaired) electrons. The Balaban J connectivity index is 1.71. The van der Waals surface area contributed by atoms with Crippen LogP contribution in [0.5, 0.6) is 5.75 Å². The molecule has 23 heavy (non-hydrogen) atoms. The van der Waals surface area contributed by atoms with Crippen molar-refractivity contribution in [3.63, 3.8) is 0 Å². The highest BCUT2D eigenvalue weighted by molar-refractivity contribution is 9.10. The maximum atomic E-state index is 12.6. The fourth-order valence-electron chi connectivity index (χ4n) is 2.74. The van der Waals surface area contributed by atoms with Crippen molar-refractivity contribution in [3.8, 4) is 5.75 Å². The molecule has 2 aromatic rings. The second-order valence-electron chi connectivity index (χ2n) is 5.39. The standard InChI is InChI=1S/C18H18BrNO2S/c1-22-15-7-8-17-13(10-15)4-3-9-20(17)18(21)12-23-16-6-2-5-14(19)11-16/h2,5-8,10-11H,3-4,9,12H2,1H3. The van der Waals surface area contributed by atoms with E-state index in [1.54, 1.807) is 18.9 Å². The van der Waals surface area contributed by atoms with E-state index < -0.39 is 0 Å². The van der Waals surface area contributed by atoms with Crippen LogP contribution in [0.25, 0.3) is 0 Å². The normalized spacial score (nSPS) is 13.6. The van der Waals surface area contributed by atoms with Crippen LogP contribution in [0.2, 0.25) is 0 Å². The number of methoxy groups -OCH3 is 1. The molecule has 1 aliphatic heterocycles. The van der Waals surface area contributed by atoms with Gasteiger partial charge in [-0.15, -0.1) is 11.8 Å². The molecular formula is C18H18BrNO2S. The quantitative estimate of drug-likeness (QED) is 0.717. The van der Waals surface area contributed by atoms with Crippen molar-refractivity contribution in [3.05, 3.63) is 52.5 Å². The number of hydrogen-bond acceptors (Lipinski definition) is 3. The summed E-state index contributed by atoms with van der Waals surface area (Å²) in [5, 5.41) is 0. The summed E-state index contributed by atoms with van der Waals surface area (Å²) in [4.78, 5) is 15.6. The Morgan fingerprint density at radius 1 is 1.30 bits per heavy atom. The number of halogens is 1. The Kier molecular flexibility index (Phi) is 5.28. The summed E-state index contributed by atoms with van der Waals surface area (Å²) < 4.78 is 6.31. The Hall–Kier alpha value is -1.46. The maximum Gasteiger partial charge on any atom is 0.237 e. The highest BCUT2D eigenvalue weighted by atomic mass is 79.9. The van der Waals surface area contributed by atoms with Crippen LogP contribution < -0.4 is 9.64 Å². The van der Waals surface area contributed by atoms with E-state index in [1.807, 2.05) is 47.4 Å². The van der Waals surface area contributed by atoms with Crippen LogP contribution in [0.1, 0.15) is 12.0 Å². The van der Waals surface area contributed by atoms with Crippen LogP contribution in [0.15, 0.2) is 51.8 Å². The number of carbonyl (C=O) groups is 1. The molecule has 1 amide bonds. The van der Waals surface area contributed by atoms with E-state index in [-0.39, 0.29) is 5.91 Å². The first-order chi connectivity index (χ1) is 11.2. The van der Waals surface area contributed by atoms with Crippen molar-refractivity contribution < 1.29 is 9.53 Å². The molecule has 5 heteroatoms. The number of thioether (sulfide) groups is 1. The number of rotatable bonds is 4. The molecule has 0 aromatic heterocycles. The van der Waals surface area contributed by atoms with E-state index in [2.05, 4.69) is 15.9 Å². The number of amides is 1. The van der Waals surface area contributed by atoms with Crippen LogP contribution in [0.3, 0.4) is 0 Å². The Labute approximate surface area is 149 Å². The van der Waals surface area contributed by atoms with Crippen LogP contribution in [0.4, 0.5) is 5.69 Å². The van der Waals surface area contributed by atoms with Gasteiger partial charge in [-0.3, -0.25) is 4.79 Å². The molecular weight excluding hydrogens is 374 g/mol. The van der Waals surface area contributed by atoms with Gasteiger partial charge in [0.15, 0.2) is 0 Å². The fraction of sp³-hybridized carbons (Fsp3) is 0.278. The van der Waals surface area contributed by atoms with Gasteiger partial charge in [0.1, 0.15) is 5.75 Å². The van der Waals surface area contributed by atoms with Gasteiger partial charge in [-0.1, -0.05) is 22.0 Å². The van der Waals surface area contributed by atoms with Gasteiger partial charge in [0, 0.05) is 21.6 Å². The van der Waals surface area contributed by atoms with E-state index in [0.29, 0.717) is 5.75 Å². The number of nitrogens with zero attached hydrogens (tertiary/aromatic N) is 1. The van der Waals surface area contributed by atoms with Crippen molar-refractivity contribution >= 4 is 39.3 Å². The molecule has 1 heterocycles. The van der Waals surface area contributed by atoms with E-state index in [9.17, 15) is 4.79 Å². The molecule has 120 valence electrons. The molecule has 0 atom stereocenters. The molecule has 2 aromatic carbocycles. The van der Waals surface area contributed by atoms with E-state index in [4.69, 9.17) is 4.74 Å². The minimum absolute atomic E-state index is 0.154. The molecule has 0 spiro atoms. The molecule has 0 aliphatic carbocycles. The second kappa shape index (κ2) is 7.41. The van der Waals surface area contributed by atoms with Gasteiger partial charge in [0.2, 0.25) is 5.91 Å². The van der Waals surface area contributed by atoms with Gasteiger partial charge in [0.25, 0.3) is 0 Å². The van der Waals surface area contributed by atoms with Crippen molar-refractivity contribution in [1.82, 2.24) is 0 Å². The van der Waals surface area contributed by atoms with Gasteiger partial charge in [0.05, 0.1) is 12.9 Å². The predicted molar refractivity (Wildman–Crippen MR) is 98.5 cm³/mol. The lowest BCUT2D eigenvalue weighted by Gasteiger charge is -2.29. The number of benzene rings is 2. The maximum absolute atomic E-state index is 12.6. The van der Waals surface area contributed by atoms with Gasteiger partial charge in [-0.05, 0) is 54.8 Å². The highest BCUT2D eigenvalue weighted by Gasteiger charge is 2.22. The summed E-state index contributed by atoms with van der Waals surface area (Å²) in [7, 11) is 1.67. The van der Waals surface area contributed by atoms with E-state index in [1.165, 1.54) is 5.56 Å². The van der Waals surface area contributed by atoms with Crippen LogP contribution in [-0.4, -0.2) is 25.3 Å². The van der Waals surface area contributed by atoms with Crippen molar-refractivity contribution in [2.24, 2.45) is 0 Å². The first-order valence-electron chi connectivity index (χ1n) is 7.53. The molecule has 0 bridgehead atoms. The monoisotopic (exact) mass is 391 g/mol.